The Balaban J connectivity index is 1.64. The molecule has 242 valence electrons. The predicted octanol–water partition coefficient (Wildman–Crippen LogP) is 4.66. The molecule has 0 aliphatic heterocycles. The van der Waals surface area contributed by atoms with Crippen LogP contribution in [0.3, 0.4) is 0 Å². The number of phenols is 1. The fraction of sp³-hybridized carbons (Fsp3) is 0.176. The summed E-state index contributed by atoms with van der Waals surface area (Å²) in [5, 5.41) is 11.3. The topological polar surface area (TPSA) is 162 Å². The number of hydrogen-bond acceptors (Lipinski definition) is 13. The van der Waals surface area contributed by atoms with Gasteiger partial charge in [-0.3, -0.25) is 9.59 Å². The summed E-state index contributed by atoms with van der Waals surface area (Å²) < 4.78 is 43.0. The van der Waals surface area contributed by atoms with Crippen LogP contribution in [-0.4, -0.2) is 71.3 Å². The lowest BCUT2D eigenvalue weighted by atomic mass is 9.83. The van der Waals surface area contributed by atoms with Crippen LogP contribution in [0.1, 0.15) is 52.6 Å². The van der Waals surface area contributed by atoms with Gasteiger partial charge >= 0.3 is 11.9 Å². The maximum absolute atomic E-state index is 13.7. The molecule has 4 aromatic carbocycles. The summed E-state index contributed by atoms with van der Waals surface area (Å²) in [5.41, 5.74) is -1.06. The van der Waals surface area contributed by atoms with Gasteiger partial charge < -0.3 is 43.0 Å². The molecule has 0 amide bonds. The van der Waals surface area contributed by atoms with E-state index in [0.717, 1.165) is 6.07 Å². The highest BCUT2D eigenvalue weighted by Gasteiger charge is 2.38. The van der Waals surface area contributed by atoms with Gasteiger partial charge in [0.05, 0.1) is 64.9 Å². The van der Waals surface area contributed by atoms with Gasteiger partial charge in [0.25, 0.3) is 0 Å². The summed E-state index contributed by atoms with van der Waals surface area (Å²) in [6.07, 6.45) is 0. The molecule has 0 unspecified atom stereocenters. The third-order valence-corrected chi connectivity index (χ3v) is 7.31. The molecule has 1 aliphatic rings. The monoisotopic (exact) mass is 644 g/mol. The van der Waals surface area contributed by atoms with E-state index in [1.807, 2.05) is 0 Å². The van der Waals surface area contributed by atoms with Crippen LogP contribution in [0.5, 0.6) is 51.7 Å². The van der Waals surface area contributed by atoms with Crippen molar-refractivity contribution in [1.29, 1.82) is 0 Å². The predicted molar refractivity (Wildman–Crippen MR) is 164 cm³/mol. The van der Waals surface area contributed by atoms with Gasteiger partial charge in [-0.05, 0) is 24.3 Å². The second-order valence-corrected chi connectivity index (χ2v) is 9.78. The van der Waals surface area contributed by atoms with E-state index in [4.69, 9.17) is 37.9 Å². The van der Waals surface area contributed by atoms with Crippen LogP contribution in [0, 0.1) is 0 Å². The van der Waals surface area contributed by atoms with Crippen LogP contribution in [0.25, 0.3) is 0 Å². The lowest BCUT2D eigenvalue weighted by molar-refractivity contribution is 0.0724. The molecular weight excluding hydrogens is 616 g/mol. The highest BCUT2D eigenvalue weighted by Crippen LogP contribution is 2.45. The maximum atomic E-state index is 13.7. The highest BCUT2D eigenvalue weighted by molar-refractivity contribution is 6.30. The van der Waals surface area contributed by atoms with E-state index < -0.39 is 51.9 Å². The SMILES string of the molecule is COc1cc(C(=O)Oc2cc(OC(=O)c3cc(OC)c(OC)c(OC)c3)c3c(c2O)C(=O)c2ccccc2C3=O)cc(OC)c1OC. The first-order valence-corrected chi connectivity index (χ1v) is 13.7. The summed E-state index contributed by atoms with van der Waals surface area (Å²) in [4.78, 5) is 54.3. The van der Waals surface area contributed by atoms with Crippen molar-refractivity contribution < 1.29 is 62.2 Å². The van der Waals surface area contributed by atoms with Gasteiger partial charge in [0.1, 0.15) is 5.75 Å². The third kappa shape index (κ3) is 5.58. The minimum Gasteiger partial charge on any atom is -0.504 e. The van der Waals surface area contributed by atoms with Crippen molar-refractivity contribution in [1.82, 2.24) is 0 Å². The molecule has 0 fully saturated rings. The lowest BCUT2D eigenvalue weighted by Crippen LogP contribution is -2.23. The Morgan fingerprint density at radius 3 is 1.28 bits per heavy atom. The van der Waals surface area contributed by atoms with Crippen molar-refractivity contribution in [2.45, 2.75) is 0 Å². The van der Waals surface area contributed by atoms with Crippen LogP contribution in [0.2, 0.25) is 0 Å². The van der Waals surface area contributed by atoms with Crippen molar-refractivity contribution in [3.05, 3.63) is 88.0 Å². The van der Waals surface area contributed by atoms with E-state index in [1.165, 1.54) is 79.1 Å². The van der Waals surface area contributed by atoms with Crippen molar-refractivity contribution in [2.75, 3.05) is 42.7 Å². The maximum Gasteiger partial charge on any atom is 0.343 e. The molecule has 0 aromatic heterocycles. The molecule has 5 rings (SSSR count). The molecule has 0 bridgehead atoms. The summed E-state index contributed by atoms with van der Waals surface area (Å²) in [6.45, 7) is 0. The Labute approximate surface area is 268 Å². The first kappa shape index (κ1) is 32.2. The van der Waals surface area contributed by atoms with Crippen LogP contribution in [0.15, 0.2) is 54.6 Å². The molecule has 0 heterocycles. The van der Waals surface area contributed by atoms with Gasteiger partial charge in [-0.1, -0.05) is 24.3 Å². The number of rotatable bonds is 10. The number of esters is 2. The zero-order valence-electron chi connectivity index (χ0n) is 26.0. The highest BCUT2D eigenvalue weighted by atomic mass is 16.6. The third-order valence-electron chi connectivity index (χ3n) is 7.31. The van der Waals surface area contributed by atoms with Gasteiger partial charge in [-0.15, -0.1) is 0 Å². The molecule has 0 saturated heterocycles. The first-order chi connectivity index (χ1) is 22.6. The zero-order chi connectivity index (χ0) is 34.0. The van der Waals surface area contributed by atoms with Gasteiger partial charge in [0, 0.05) is 17.2 Å². The molecule has 1 aliphatic carbocycles. The zero-order valence-corrected chi connectivity index (χ0v) is 26.0. The van der Waals surface area contributed by atoms with Crippen molar-refractivity contribution >= 4 is 23.5 Å². The van der Waals surface area contributed by atoms with E-state index in [0.29, 0.717) is 0 Å². The number of fused-ring (bicyclic) bond motifs is 2. The number of aromatic hydroxyl groups is 1. The van der Waals surface area contributed by atoms with Crippen molar-refractivity contribution in [3.63, 3.8) is 0 Å². The second kappa shape index (κ2) is 13.0. The average Bonchev–Trinajstić information content (AvgIpc) is 3.10. The number of ether oxygens (including phenoxy) is 8. The minimum atomic E-state index is -1.02. The smallest absolute Gasteiger partial charge is 0.343 e. The van der Waals surface area contributed by atoms with Gasteiger partial charge in [0.15, 0.2) is 46.1 Å². The standard InChI is InChI=1S/C34H28O13/c1-40-22-11-16(12-23(41-2)31(22)44-5)33(38)46-20-15-21(47-34(39)17-13-24(42-3)32(45-6)25(14-17)43-4)30(37)27-26(20)28(35)18-9-7-8-10-19(18)29(27)36/h7-15,37H,1-6H3. The number of benzene rings is 4. The lowest BCUT2D eigenvalue weighted by Gasteiger charge is -2.22. The number of phenolic OH excluding ortho intramolecular Hbond substituents is 1. The number of methoxy groups -OCH3 is 6. The summed E-state index contributed by atoms with van der Waals surface area (Å²) in [5.74, 6) is -4.33. The molecule has 13 nitrogen and oxygen atoms in total. The molecule has 4 aromatic rings. The van der Waals surface area contributed by atoms with Crippen molar-refractivity contribution in [2.24, 2.45) is 0 Å². The number of hydrogen-bond donors (Lipinski definition) is 1. The number of carbonyl (C=O) groups excluding carboxylic acids is 4. The Morgan fingerprint density at radius 1 is 0.511 bits per heavy atom. The fourth-order valence-corrected chi connectivity index (χ4v) is 5.09. The minimum absolute atomic E-state index is 0.00435. The normalized spacial score (nSPS) is 11.5. The van der Waals surface area contributed by atoms with Gasteiger partial charge in [-0.25, -0.2) is 9.59 Å². The average molecular weight is 645 g/mol. The Kier molecular flexibility index (Phi) is 8.90. The molecule has 13 heteroatoms. The first-order valence-electron chi connectivity index (χ1n) is 13.7. The van der Waals surface area contributed by atoms with Crippen LogP contribution < -0.4 is 37.9 Å². The fourth-order valence-electron chi connectivity index (χ4n) is 5.09. The van der Waals surface area contributed by atoms with Gasteiger partial charge in [0.2, 0.25) is 11.5 Å². The van der Waals surface area contributed by atoms with E-state index in [9.17, 15) is 24.3 Å². The Hall–Kier alpha value is -6.24. The quantitative estimate of drug-likeness (QED) is 0.165. The van der Waals surface area contributed by atoms with E-state index in [-0.39, 0.29) is 56.8 Å². The summed E-state index contributed by atoms with van der Waals surface area (Å²) >= 11 is 0. The Morgan fingerprint density at radius 2 is 0.894 bits per heavy atom. The number of carbonyl (C=O) groups is 4. The van der Waals surface area contributed by atoms with Crippen LogP contribution in [0.4, 0.5) is 0 Å². The Bertz CT molecular complexity index is 1890. The number of ketones is 2. The van der Waals surface area contributed by atoms with E-state index >= 15 is 0 Å². The molecule has 0 radical (unpaired) electrons. The molecule has 0 saturated carbocycles. The van der Waals surface area contributed by atoms with E-state index in [2.05, 4.69) is 0 Å². The van der Waals surface area contributed by atoms with Gasteiger partial charge in [-0.2, -0.15) is 0 Å². The van der Waals surface area contributed by atoms with Crippen LogP contribution >= 0.6 is 0 Å². The second-order valence-electron chi connectivity index (χ2n) is 9.78. The molecule has 1 N–H and O–H groups in total. The summed E-state index contributed by atoms with van der Waals surface area (Å²) in [6, 6.07) is 12.2. The van der Waals surface area contributed by atoms with Crippen molar-refractivity contribution in [3.8, 4) is 51.7 Å². The van der Waals surface area contributed by atoms with Crippen LogP contribution in [-0.2, 0) is 0 Å². The summed E-state index contributed by atoms with van der Waals surface area (Å²) in [7, 11) is 8.22. The molecular formula is C34H28O13. The molecule has 47 heavy (non-hydrogen) atoms. The molecule has 0 atom stereocenters. The van der Waals surface area contributed by atoms with E-state index in [1.54, 1.807) is 12.1 Å². The largest absolute Gasteiger partial charge is 0.504 e. The molecule has 0 spiro atoms.